The number of nitrogens with zero attached hydrogens (tertiary/aromatic N) is 5. The van der Waals surface area contributed by atoms with Crippen LogP contribution in [0, 0.1) is 10.1 Å². The molecule has 2 rings (SSSR count). The SMILES string of the molecule is CB(O)NC(CCCc1ccc([N+](=O)[O-])cc1)CN1CCN(CB=O)CCN(CB=O)CCN(B(C)O)CC1. The van der Waals surface area contributed by atoms with Gasteiger partial charge in [0.25, 0.3) is 5.69 Å². The van der Waals surface area contributed by atoms with Crippen molar-refractivity contribution in [1.82, 2.24) is 24.7 Å². The molecule has 1 fully saturated rings. The molecule has 1 saturated heterocycles. The topological polar surface area (TPSA) is 143 Å². The van der Waals surface area contributed by atoms with Gasteiger partial charge in [0.1, 0.15) is 0 Å². The van der Waals surface area contributed by atoms with Gasteiger partial charge in [-0.25, -0.2) is 0 Å². The molecule has 0 spiro atoms. The van der Waals surface area contributed by atoms with Crippen molar-refractivity contribution in [3.05, 3.63) is 39.9 Å². The molecule has 12 nitrogen and oxygen atoms in total. The van der Waals surface area contributed by atoms with E-state index < -0.39 is 19.0 Å². The van der Waals surface area contributed by atoms with Gasteiger partial charge < -0.3 is 0 Å². The second kappa shape index (κ2) is 18.5. The molecule has 1 unspecified atom stereocenters. The molecule has 1 aliphatic heterocycles. The second-order valence-corrected chi connectivity index (χ2v) is 10.3. The van der Waals surface area contributed by atoms with Gasteiger partial charge in [0.15, 0.2) is 0 Å². The zero-order chi connectivity index (χ0) is 28.6. The molecule has 1 aromatic carbocycles. The number of aryl methyl sites for hydroxylation is 1. The summed E-state index contributed by atoms with van der Waals surface area (Å²) >= 11 is 0. The van der Waals surface area contributed by atoms with Crippen LogP contribution in [0.3, 0.4) is 0 Å². The van der Waals surface area contributed by atoms with E-state index in [-0.39, 0.29) is 11.7 Å². The summed E-state index contributed by atoms with van der Waals surface area (Å²) in [5, 5.41) is 34.6. The number of nitrogens with one attached hydrogen (secondary N) is 1. The van der Waals surface area contributed by atoms with Crippen molar-refractivity contribution in [2.24, 2.45) is 0 Å². The standard InChI is InChI=1S/C23H42B4N6O6/c1-26(36)28-22(5-3-4-21-6-8-23(9-7-21)33(38)39)18-29-10-11-30(19-24-34)12-13-31(20-25-35)15-17-32(16-14-29)27(2)37/h6-9,22,28,36-37H,3-5,10-20H2,1-2H3. The Morgan fingerprint density at radius 2 is 1.44 bits per heavy atom. The minimum absolute atomic E-state index is 0.0126. The molecule has 3 N–H and O–H groups in total. The Morgan fingerprint density at radius 1 is 0.923 bits per heavy atom. The van der Waals surface area contributed by atoms with Crippen LogP contribution >= 0.6 is 0 Å². The number of nitro benzene ring substituents is 1. The molecule has 0 saturated carbocycles. The number of benzene rings is 1. The Balaban J connectivity index is 2.06. The first-order valence-electron chi connectivity index (χ1n) is 13.9. The molecule has 1 aromatic rings. The molecule has 0 amide bonds. The monoisotopic (exact) mass is 542 g/mol. The fourth-order valence-electron chi connectivity index (χ4n) is 4.90. The van der Waals surface area contributed by atoms with Crippen LogP contribution in [0.4, 0.5) is 5.69 Å². The molecule has 212 valence electrons. The third-order valence-corrected chi connectivity index (χ3v) is 7.19. The van der Waals surface area contributed by atoms with Gasteiger partial charge in [-0.1, -0.05) is 0 Å². The Kier molecular flexibility index (Phi) is 15.9. The molecule has 1 heterocycles. The van der Waals surface area contributed by atoms with Crippen molar-refractivity contribution in [3.63, 3.8) is 0 Å². The van der Waals surface area contributed by atoms with E-state index in [2.05, 4.69) is 15.0 Å². The average Bonchev–Trinajstić information content (AvgIpc) is 2.88. The molecular formula is C23H42B4N6O6. The maximum absolute atomic E-state index is 11.3. The van der Waals surface area contributed by atoms with E-state index in [0.717, 1.165) is 45.7 Å². The Hall–Kier alpha value is -1.80. The number of non-ortho nitro benzene ring substituents is 1. The Morgan fingerprint density at radius 3 is 1.92 bits per heavy atom. The molecular weight excluding hydrogens is 500 g/mol. The molecule has 16 heteroatoms. The summed E-state index contributed by atoms with van der Waals surface area (Å²) < 4.78 is 22.5. The predicted octanol–water partition coefficient (Wildman–Crippen LogP) is -0.668. The molecule has 0 bridgehead atoms. The van der Waals surface area contributed by atoms with Crippen molar-refractivity contribution in [2.75, 3.05) is 71.8 Å². The van der Waals surface area contributed by atoms with E-state index in [1.165, 1.54) is 12.1 Å². The van der Waals surface area contributed by atoms with Crippen molar-refractivity contribution in [1.29, 1.82) is 0 Å². The summed E-state index contributed by atoms with van der Waals surface area (Å²) in [7, 11) is 0.505. The summed E-state index contributed by atoms with van der Waals surface area (Å²) in [4.78, 5) is 19.0. The first-order chi connectivity index (χ1) is 18.7. The summed E-state index contributed by atoms with van der Waals surface area (Å²) in [6.07, 6.45) is 3.07. The fourth-order valence-corrected chi connectivity index (χ4v) is 4.90. The molecule has 1 atom stereocenters. The summed E-state index contributed by atoms with van der Waals surface area (Å²) in [5.74, 6) is 0. The second-order valence-electron chi connectivity index (χ2n) is 10.3. The molecule has 0 radical (unpaired) electrons. The van der Waals surface area contributed by atoms with E-state index in [9.17, 15) is 29.6 Å². The van der Waals surface area contributed by atoms with E-state index in [1.807, 2.05) is 9.71 Å². The molecule has 39 heavy (non-hydrogen) atoms. The normalized spacial score (nSPS) is 17.8. The third kappa shape index (κ3) is 13.4. The summed E-state index contributed by atoms with van der Waals surface area (Å²) in [5.41, 5.74) is 1.11. The van der Waals surface area contributed by atoms with Crippen molar-refractivity contribution >= 4 is 34.1 Å². The predicted molar refractivity (Wildman–Crippen MR) is 154 cm³/mol. The summed E-state index contributed by atoms with van der Waals surface area (Å²) in [6, 6.07) is 6.63. The van der Waals surface area contributed by atoms with E-state index in [1.54, 1.807) is 25.8 Å². The summed E-state index contributed by atoms with van der Waals surface area (Å²) in [6.45, 7) is 9.49. The van der Waals surface area contributed by atoms with Crippen LogP contribution in [-0.4, -0.2) is 141 Å². The van der Waals surface area contributed by atoms with Crippen LogP contribution in [0.25, 0.3) is 0 Å². The third-order valence-electron chi connectivity index (χ3n) is 7.19. The van der Waals surface area contributed by atoms with Gasteiger partial charge in [-0.2, -0.15) is 0 Å². The van der Waals surface area contributed by atoms with Crippen LogP contribution in [0.2, 0.25) is 13.6 Å². The fraction of sp³-hybridized carbons (Fsp3) is 0.739. The van der Waals surface area contributed by atoms with Crippen LogP contribution < -0.4 is 5.23 Å². The van der Waals surface area contributed by atoms with Crippen LogP contribution in [0.15, 0.2) is 24.3 Å². The van der Waals surface area contributed by atoms with Crippen LogP contribution in [-0.2, 0) is 15.8 Å². The average molecular weight is 542 g/mol. The Labute approximate surface area is 234 Å². The molecule has 0 aromatic heterocycles. The first-order valence-corrected chi connectivity index (χ1v) is 13.9. The zero-order valence-corrected chi connectivity index (χ0v) is 23.4. The van der Waals surface area contributed by atoms with Gasteiger partial charge in [0.05, 0.1) is 4.92 Å². The van der Waals surface area contributed by atoms with Crippen molar-refractivity contribution in [2.45, 2.75) is 39.0 Å². The van der Waals surface area contributed by atoms with Gasteiger partial charge in [0, 0.05) is 12.1 Å². The van der Waals surface area contributed by atoms with Crippen LogP contribution in [0.5, 0.6) is 0 Å². The van der Waals surface area contributed by atoms with Gasteiger partial charge >= 0.3 is 201 Å². The number of rotatable bonds is 14. The Bertz CT molecular complexity index is 872. The molecule has 0 aliphatic carbocycles. The van der Waals surface area contributed by atoms with Crippen LogP contribution in [0.1, 0.15) is 18.4 Å². The van der Waals surface area contributed by atoms with Crippen molar-refractivity contribution < 1.29 is 24.4 Å². The number of hydrogen-bond donors (Lipinski definition) is 3. The quantitative estimate of drug-likeness (QED) is 0.157. The van der Waals surface area contributed by atoms with Gasteiger partial charge in [-0.15, -0.1) is 0 Å². The van der Waals surface area contributed by atoms with E-state index in [0.29, 0.717) is 65.2 Å². The molecule has 1 aliphatic rings. The van der Waals surface area contributed by atoms with Gasteiger partial charge in [-0.05, 0) is 0 Å². The number of nitro groups is 1. The van der Waals surface area contributed by atoms with E-state index in [4.69, 9.17) is 0 Å². The number of hydrogen-bond acceptors (Lipinski definition) is 11. The first kappa shape index (κ1) is 33.4. The van der Waals surface area contributed by atoms with Gasteiger partial charge in [0.2, 0.25) is 0 Å². The van der Waals surface area contributed by atoms with E-state index >= 15 is 0 Å². The minimum atomic E-state index is -0.675. The van der Waals surface area contributed by atoms with Gasteiger partial charge in [-0.3, -0.25) is 10.1 Å². The van der Waals surface area contributed by atoms with Crippen molar-refractivity contribution in [3.8, 4) is 0 Å². The zero-order valence-electron chi connectivity index (χ0n) is 23.4. The maximum atomic E-state index is 11.3.